The molecule has 0 heterocycles. The second-order valence-electron chi connectivity index (χ2n) is 6.21. The molecule has 2 atom stereocenters. The van der Waals surface area contributed by atoms with E-state index in [-0.39, 0.29) is 18.0 Å². The highest BCUT2D eigenvalue weighted by Crippen LogP contribution is 2.34. The van der Waals surface area contributed by atoms with Crippen molar-refractivity contribution in [1.29, 1.82) is 0 Å². The van der Waals surface area contributed by atoms with Crippen molar-refractivity contribution >= 4 is 11.9 Å². The fourth-order valence-corrected chi connectivity index (χ4v) is 2.56. The molecule has 1 aromatic rings. The molecule has 0 spiro atoms. The highest BCUT2D eigenvalue weighted by atomic mass is 16.2. The van der Waals surface area contributed by atoms with Gasteiger partial charge in [-0.2, -0.15) is 0 Å². The molecule has 1 aliphatic carbocycles. The number of likely N-dealkylation sites (N-methyl/N-ethyl adjacent to an activating group) is 1. The summed E-state index contributed by atoms with van der Waals surface area (Å²) in [5.41, 5.74) is 1.22. The zero-order valence-corrected chi connectivity index (χ0v) is 13.5. The van der Waals surface area contributed by atoms with Crippen LogP contribution in [0.25, 0.3) is 0 Å². The zero-order chi connectivity index (χ0) is 16.1. The van der Waals surface area contributed by atoms with Gasteiger partial charge in [-0.15, -0.1) is 0 Å². The van der Waals surface area contributed by atoms with Gasteiger partial charge in [0.05, 0.1) is 0 Å². The highest BCUT2D eigenvalue weighted by molar-refractivity contribution is 5.86. The monoisotopic (exact) mass is 303 g/mol. The number of nitrogens with one attached hydrogen (secondary N) is 2. The molecule has 2 N–H and O–H groups in total. The van der Waals surface area contributed by atoms with E-state index in [4.69, 9.17) is 0 Å². The molecule has 1 fully saturated rings. The van der Waals surface area contributed by atoms with E-state index < -0.39 is 6.04 Å². The van der Waals surface area contributed by atoms with E-state index in [1.54, 1.807) is 21.0 Å². The molecule has 0 bridgehead atoms. The number of nitrogens with zero attached hydrogens (tertiary/aromatic N) is 1. The maximum atomic E-state index is 12.1. The van der Waals surface area contributed by atoms with Crippen molar-refractivity contribution in [2.75, 3.05) is 14.1 Å². The van der Waals surface area contributed by atoms with Crippen molar-refractivity contribution in [3.8, 4) is 0 Å². The summed E-state index contributed by atoms with van der Waals surface area (Å²) in [5.74, 6) is 0.437. The Bertz CT molecular complexity index is 512. The molecule has 0 aromatic heterocycles. The topological polar surface area (TPSA) is 61.4 Å². The first kappa shape index (κ1) is 16.3. The average molecular weight is 303 g/mol. The first-order chi connectivity index (χ1) is 10.5. The molecule has 0 unspecified atom stereocenters. The van der Waals surface area contributed by atoms with E-state index in [0.29, 0.717) is 5.92 Å². The minimum absolute atomic E-state index is 0.110. The molecule has 1 aromatic carbocycles. The maximum Gasteiger partial charge on any atom is 0.315 e. The molecule has 1 aliphatic rings. The minimum atomic E-state index is -0.522. The largest absolute Gasteiger partial charge is 0.347 e. The number of urea groups is 1. The number of benzene rings is 1. The second-order valence-corrected chi connectivity index (χ2v) is 6.21. The fraction of sp³-hybridized carbons (Fsp3) is 0.529. The third-order valence-corrected chi connectivity index (χ3v) is 3.96. The predicted octanol–water partition coefficient (Wildman–Crippen LogP) is 1.78. The number of hydrogen-bond donors (Lipinski definition) is 2. The lowest BCUT2D eigenvalue weighted by Crippen LogP contribution is -2.51. The Morgan fingerprint density at radius 3 is 2.36 bits per heavy atom. The van der Waals surface area contributed by atoms with Gasteiger partial charge in [-0.3, -0.25) is 4.79 Å². The molecular formula is C17H25N3O2. The average Bonchev–Trinajstić information content (AvgIpc) is 3.31. The van der Waals surface area contributed by atoms with Crippen LogP contribution in [0.3, 0.4) is 0 Å². The van der Waals surface area contributed by atoms with E-state index in [9.17, 15) is 9.59 Å². The van der Waals surface area contributed by atoms with Crippen LogP contribution in [-0.2, 0) is 11.2 Å². The van der Waals surface area contributed by atoms with Gasteiger partial charge in [0.1, 0.15) is 6.04 Å². The molecule has 1 saturated carbocycles. The molecule has 5 heteroatoms. The molecule has 22 heavy (non-hydrogen) atoms. The normalized spacial score (nSPS) is 16.5. The Morgan fingerprint density at radius 1 is 1.18 bits per heavy atom. The molecule has 2 rings (SSSR count). The third-order valence-electron chi connectivity index (χ3n) is 3.96. The third kappa shape index (κ3) is 4.76. The van der Waals surface area contributed by atoms with Crippen LogP contribution in [0.4, 0.5) is 4.79 Å². The van der Waals surface area contributed by atoms with Crippen molar-refractivity contribution < 1.29 is 9.59 Å². The lowest BCUT2D eigenvalue weighted by Gasteiger charge is -2.22. The standard InChI is InChI=1S/C17H25N3O2/c1-12(16(21)20(2)3)18-17(22)19-15(14-9-10-14)11-13-7-5-4-6-8-13/h4-8,12,14-15H,9-11H2,1-3H3,(H2,18,19,22)/t12-,15+/m0/s1. The predicted molar refractivity (Wildman–Crippen MR) is 86.5 cm³/mol. The van der Waals surface area contributed by atoms with E-state index in [1.165, 1.54) is 10.5 Å². The van der Waals surface area contributed by atoms with Gasteiger partial charge in [0, 0.05) is 20.1 Å². The summed E-state index contributed by atoms with van der Waals surface area (Å²) in [6.45, 7) is 1.70. The summed E-state index contributed by atoms with van der Waals surface area (Å²) in [4.78, 5) is 25.4. The van der Waals surface area contributed by atoms with Gasteiger partial charge in [-0.25, -0.2) is 4.79 Å². The van der Waals surface area contributed by atoms with E-state index in [2.05, 4.69) is 22.8 Å². The van der Waals surface area contributed by atoms with Crippen LogP contribution in [0.5, 0.6) is 0 Å². The number of rotatable bonds is 6. The van der Waals surface area contributed by atoms with Gasteiger partial charge in [0.25, 0.3) is 0 Å². The Labute approximate surface area is 132 Å². The van der Waals surface area contributed by atoms with Gasteiger partial charge < -0.3 is 15.5 Å². The first-order valence-corrected chi connectivity index (χ1v) is 7.79. The fourth-order valence-electron chi connectivity index (χ4n) is 2.56. The lowest BCUT2D eigenvalue weighted by atomic mass is 10.0. The summed E-state index contributed by atoms with van der Waals surface area (Å²) < 4.78 is 0. The number of hydrogen-bond acceptors (Lipinski definition) is 2. The quantitative estimate of drug-likeness (QED) is 0.841. The molecule has 0 aliphatic heterocycles. The first-order valence-electron chi connectivity index (χ1n) is 7.79. The summed E-state index contributed by atoms with van der Waals surface area (Å²) in [7, 11) is 3.36. The van der Waals surface area contributed by atoms with Gasteiger partial charge >= 0.3 is 6.03 Å². The number of amides is 3. The van der Waals surface area contributed by atoms with Crippen LogP contribution in [-0.4, -0.2) is 43.0 Å². The zero-order valence-electron chi connectivity index (χ0n) is 13.5. The molecule has 5 nitrogen and oxygen atoms in total. The van der Waals surface area contributed by atoms with Crippen LogP contribution in [0.15, 0.2) is 30.3 Å². The number of carbonyl (C=O) groups is 2. The van der Waals surface area contributed by atoms with Crippen LogP contribution in [0.1, 0.15) is 25.3 Å². The second kappa shape index (κ2) is 7.29. The van der Waals surface area contributed by atoms with Gasteiger partial charge in [-0.05, 0) is 37.7 Å². The smallest absolute Gasteiger partial charge is 0.315 e. The van der Waals surface area contributed by atoms with Crippen LogP contribution in [0.2, 0.25) is 0 Å². The molecule has 120 valence electrons. The van der Waals surface area contributed by atoms with Crippen molar-refractivity contribution in [2.45, 2.75) is 38.3 Å². The molecule has 0 radical (unpaired) electrons. The maximum absolute atomic E-state index is 12.1. The SMILES string of the molecule is C[C@H](NC(=O)N[C@H](Cc1ccccc1)C1CC1)C(=O)N(C)C. The summed E-state index contributed by atoms with van der Waals surface area (Å²) in [6.07, 6.45) is 3.14. The summed E-state index contributed by atoms with van der Waals surface area (Å²) >= 11 is 0. The Kier molecular flexibility index (Phi) is 5.41. The van der Waals surface area contributed by atoms with Crippen LogP contribution < -0.4 is 10.6 Å². The summed E-state index contributed by atoms with van der Waals surface area (Å²) in [6, 6.07) is 9.50. The molecule has 3 amide bonds. The Morgan fingerprint density at radius 2 is 1.82 bits per heavy atom. The molecular weight excluding hydrogens is 278 g/mol. The van der Waals surface area contributed by atoms with Crippen molar-refractivity contribution in [1.82, 2.24) is 15.5 Å². The van der Waals surface area contributed by atoms with Crippen molar-refractivity contribution in [2.24, 2.45) is 5.92 Å². The van der Waals surface area contributed by atoms with E-state index in [1.807, 2.05) is 18.2 Å². The van der Waals surface area contributed by atoms with Crippen molar-refractivity contribution in [3.63, 3.8) is 0 Å². The van der Waals surface area contributed by atoms with Crippen molar-refractivity contribution in [3.05, 3.63) is 35.9 Å². The van der Waals surface area contributed by atoms with Crippen LogP contribution >= 0.6 is 0 Å². The summed E-state index contributed by atoms with van der Waals surface area (Å²) in [5, 5.41) is 5.75. The van der Waals surface area contributed by atoms with Gasteiger partial charge in [-0.1, -0.05) is 30.3 Å². The van der Waals surface area contributed by atoms with Crippen LogP contribution in [0, 0.1) is 5.92 Å². The Hall–Kier alpha value is -2.04. The van der Waals surface area contributed by atoms with Gasteiger partial charge in [0.15, 0.2) is 0 Å². The van der Waals surface area contributed by atoms with E-state index >= 15 is 0 Å². The number of carbonyl (C=O) groups excluding carboxylic acids is 2. The van der Waals surface area contributed by atoms with Gasteiger partial charge in [0.2, 0.25) is 5.91 Å². The highest BCUT2D eigenvalue weighted by Gasteiger charge is 2.32. The Balaban J connectivity index is 1.88. The minimum Gasteiger partial charge on any atom is -0.347 e. The lowest BCUT2D eigenvalue weighted by molar-refractivity contribution is -0.130. The van der Waals surface area contributed by atoms with E-state index in [0.717, 1.165) is 19.3 Å². The molecule has 0 saturated heterocycles.